The zero-order chi connectivity index (χ0) is 22.0. The maximum absolute atomic E-state index is 13.2. The van der Waals surface area contributed by atoms with Gasteiger partial charge < -0.3 is 10.5 Å². The lowest BCUT2D eigenvalue weighted by Gasteiger charge is -2.28. The molecule has 31 heavy (non-hydrogen) atoms. The van der Waals surface area contributed by atoms with Crippen LogP contribution in [-0.4, -0.2) is 27.2 Å². The van der Waals surface area contributed by atoms with Gasteiger partial charge in [-0.15, -0.1) is 0 Å². The van der Waals surface area contributed by atoms with Crippen molar-refractivity contribution in [2.45, 2.75) is 25.7 Å². The standard InChI is InChI=1S/C24H23ClN4O2/c1-3-31-23(30)24(2,14-16-7-5-4-6-8-16)20-13-21(26)28-22-19(15-27-29(20)22)17-9-11-18(25)12-10-17/h4-13,15H,3,14H2,1-2H3,(H2,26,28). The lowest BCUT2D eigenvalue weighted by Crippen LogP contribution is -2.39. The number of carbonyl (C=O) groups excluding carboxylic acids is 1. The summed E-state index contributed by atoms with van der Waals surface area (Å²) in [4.78, 5) is 17.7. The van der Waals surface area contributed by atoms with Gasteiger partial charge in [-0.05, 0) is 43.5 Å². The molecule has 0 radical (unpaired) electrons. The number of ether oxygens (including phenoxy) is 1. The van der Waals surface area contributed by atoms with Crippen LogP contribution >= 0.6 is 11.6 Å². The second-order valence-electron chi connectivity index (χ2n) is 7.58. The summed E-state index contributed by atoms with van der Waals surface area (Å²) < 4.78 is 7.15. The molecular formula is C24H23ClN4O2. The highest BCUT2D eigenvalue weighted by molar-refractivity contribution is 6.30. The van der Waals surface area contributed by atoms with E-state index in [-0.39, 0.29) is 12.6 Å². The predicted octanol–water partition coefficient (Wildman–Crippen LogP) is 4.70. The van der Waals surface area contributed by atoms with Gasteiger partial charge in [-0.2, -0.15) is 5.10 Å². The van der Waals surface area contributed by atoms with Crippen LogP contribution in [0.5, 0.6) is 0 Å². The number of rotatable bonds is 6. The van der Waals surface area contributed by atoms with Gasteiger partial charge in [0.1, 0.15) is 11.2 Å². The molecule has 4 rings (SSSR count). The molecule has 0 saturated heterocycles. The number of nitrogens with zero attached hydrogens (tertiary/aromatic N) is 3. The molecule has 1 unspecified atom stereocenters. The Labute approximate surface area is 185 Å². The Morgan fingerprint density at radius 1 is 1.16 bits per heavy atom. The maximum atomic E-state index is 13.2. The van der Waals surface area contributed by atoms with Crippen molar-refractivity contribution in [3.63, 3.8) is 0 Å². The number of fused-ring (bicyclic) bond motifs is 1. The second-order valence-corrected chi connectivity index (χ2v) is 8.02. The quantitative estimate of drug-likeness (QED) is 0.445. The first kappa shape index (κ1) is 20.9. The van der Waals surface area contributed by atoms with Gasteiger partial charge in [0.05, 0.1) is 18.5 Å². The third-order valence-electron chi connectivity index (χ3n) is 5.34. The third-order valence-corrected chi connectivity index (χ3v) is 5.59. The summed E-state index contributed by atoms with van der Waals surface area (Å²) in [5, 5.41) is 5.21. The van der Waals surface area contributed by atoms with Crippen LogP contribution in [0.25, 0.3) is 16.8 Å². The van der Waals surface area contributed by atoms with Gasteiger partial charge in [-0.25, -0.2) is 9.50 Å². The molecule has 0 aliphatic rings. The average Bonchev–Trinajstić information content (AvgIpc) is 3.18. The number of halogens is 1. The number of nitrogen functional groups attached to an aromatic ring is 1. The molecule has 2 aromatic carbocycles. The van der Waals surface area contributed by atoms with Gasteiger partial charge in [-0.3, -0.25) is 4.79 Å². The number of hydrogen-bond acceptors (Lipinski definition) is 5. The Morgan fingerprint density at radius 2 is 1.87 bits per heavy atom. The van der Waals surface area contributed by atoms with E-state index < -0.39 is 5.41 Å². The van der Waals surface area contributed by atoms with Crippen LogP contribution < -0.4 is 5.73 Å². The van der Waals surface area contributed by atoms with E-state index in [9.17, 15) is 4.79 Å². The van der Waals surface area contributed by atoms with Crippen LogP contribution in [0.3, 0.4) is 0 Å². The Hall–Kier alpha value is -3.38. The third kappa shape index (κ3) is 3.99. The number of benzene rings is 2. The van der Waals surface area contributed by atoms with Gasteiger partial charge in [-0.1, -0.05) is 54.1 Å². The first-order chi connectivity index (χ1) is 14.9. The fourth-order valence-corrected chi connectivity index (χ4v) is 3.90. The van der Waals surface area contributed by atoms with E-state index in [2.05, 4.69) is 10.1 Å². The van der Waals surface area contributed by atoms with Gasteiger partial charge in [0.15, 0.2) is 5.65 Å². The molecule has 0 spiro atoms. The molecule has 2 heterocycles. The summed E-state index contributed by atoms with van der Waals surface area (Å²) in [6, 6.07) is 18.9. The summed E-state index contributed by atoms with van der Waals surface area (Å²) in [6.45, 7) is 3.93. The molecular weight excluding hydrogens is 412 g/mol. The van der Waals surface area contributed by atoms with Crippen LogP contribution in [-0.2, 0) is 21.4 Å². The molecule has 158 valence electrons. The number of anilines is 1. The first-order valence-electron chi connectivity index (χ1n) is 10.0. The Kier molecular flexibility index (Phi) is 5.65. The summed E-state index contributed by atoms with van der Waals surface area (Å²) >= 11 is 6.04. The zero-order valence-electron chi connectivity index (χ0n) is 17.4. The van der Waals surface area contributed by atoms with Crippen molar-refractivity contribution in [3.05, 3.63) is 83.1 Å². The SMILES string of the molecule is CCOC(=O)C(C)(Cc1ccccc1)c1cc(N)nc2c(-c3ccc(Cl)cc3)cnn12. The molecule has 4 aromatic rings. The lowest BCUT2D eigenvalue weighted by molar-refractivity contribution is -0.149. The van der Waals surface area contributed by atoms with Crippen molar-refractivity contribution in [2.75, 3.05) is 12.3 Å². The van der Waals surface area contributed by atoms with Crippen molar-refractivity contribution in [2.24, 2.45) is 0 Å². The predicted molar refractivity (Wildman–Crippen MR) is 122 cm³/mol. The summed E-state index contributed by atoms with van der Waals surface area (Å²) in [7, 11) is 0. The van der Waals surface area contributed by atoms with E-state index in [4.69, 9.17) is 22.1 Å². The van der Waals surface area contributed by atoms with Crippen LogP contribution in [0.2, 0.25) is 5.02 Å². The van der Waals surface area contributed by atoms with Crippen molar-refractivity contribution in [1.82, 2.24) is 14.6 Å². The second kappa shape index (κ2) is 8.40. The molecule has 2 N–H and O–H groups in total. The minimum Gasteiger partial charge on any atom is -0.465 e. The fraction of sp³-hybridized carbons (Fsp3) is 0.208. The molecule has 0 amide bonds. The molecule has 7 heteroatoms. The van der Waals surface area contributed by atoms with Gasteiger partial charge in [0.2, 0.25) is 0 Å². The van der Waals surface area contributed by atoms with Crippen molar-refractivity contribution >= 4 is 29.0 Å². The number of nitrogens with two attached hydrogens (primary N) is 1. The largest absolute Gasteiger partial charge is 0.465 e. The number of aromatic nitrogens is 3. The smallest absolute Gasteiger partial charge is 0.318 e. The minimum atomic E-state index is -1.02. The lowest BCUT2D eigenvalue weighted by atomic mass is 9.80. The fourth-order valence-electron chi connectivity index (χ4n) is 3.77. The Bertz CT molecular complexity index is 1220. The van der Waals surface area contributed by atoms with Gasteiger partial charge in [0.25, 0.3) is 0 Å². The molecule has 0 aliphatic carbocycles. The van der Waals surface area contributed by atoms with Crippen LogP contribution in [0.15, 0.2) is 66.9 Å². The Balaban J connectivity index is 1.90. The van der Waals surface area contributed by atoms with E-state index in [1.165, 1.54) is 0 Å². The van der Waals surface area contributed by atoms with Gasteiger partial charge in [0, 0.05) is 16.7 Å². The van der Waals surface area contributed by atoms with E-state index in [1.54, 1.807) is 23.7 Å². The van der Waals surface area contributed by atoms with E-state index in [0.717, 1.165) is 16.7 Å². The average molecular weight is 435 g/mol. The highest BCUT2D eigenvalue weighted by atomic mass is 35.5. The molecule has 0 fully saturated rings. The van der Waals surface area contributed by atoms with Crippen molar-refractivity contribution in [1.29, 1.82) is 0 Å². The summed E-state index contributed by atoms with van der Waals surface area (Å²) in [5.74, 6) is -0.0314. The minimum absolute atomic E-state index is 0.280. The number of hydrogen-bond donors (Lipinski definition) is 1. The van der Waals surface area contributed by atoms with Crippen LogP contribution in [0.1, 0.15) is 25.1 Å². The molecule has 0 saturated carbocycles. The highest BCUT2D eigenvalue weighted by Crippen LogP contribution is 2.34. The summed E-state index contributed by atoms with van der Waals surface area (Å²) in [6.07, 6.45) is 2.16. The Morgan fingerprint density at radius 3 is 2.55 bits per heavy atom. The molecule has 6 nitrogen and oxygen atoms in total. The van der Waals surface area contributed by atoms with E-state index in [0.29, 0.717) is 28.6 Å². The topological polar surface area (TPSA) is 82.5 Å². The molecule has 1 atom stereocenters. The maximum Gasteiger partial charge on any atom is 0.318 e. The van der Waals surface area contributed by atoms with Gasteiger partial charge >= 0.3 is 5.97 Å². The zero-order valence-corrected chi connectivity index (χ0v) is 18.1. The van der Waals surface area contributed by atoms with Crippen LogP contribution in [0, 0.1) is 0 Å². The number of carbonyl (C=O) groups is 1. The van der Waals surface area contributed by atoms with E-state index >= 15 is 0 Å². The van der Waals surface area contributed by atoms with Crippen molar-refractivity contribution < 1.29 is 9.53 Å². The molecule has 2 aromatic heterocycles. The van der Waals surface area contributed by atoms with Crippen molar-refractivity contribution in [3.8, 4) is 11.1 Å². The normalized spacial score (nSPS) is 13.1. The summed E-state index contributed by atoms with van der Waals surface area (Å²) in [5.41, 5.74) is 9.08. The highest BCUT2D eigenvalue weighted by Gasteiger charge is 2.40. The van der Waals surface area contributed by atoms with E-state index in [1.807, 2.05) is 61.5 Å². The first-order valence-corrected chi connectivity index (χ1v) is 10.4. The monoisotopic (exact) mass is 434 g/mol. The number of esters is 1. The molecule has 0 bridgehead atoms. The van der Waals surface area contributed by atoms with Crippen LogP contribution in [0.4, 0.5) is 5.82 Å². The molecule has 0 aliphatic heterocycles.